The fraction of sp³-hybridized carbons (Fsp3) is 0.333. The van der Waals surface area contributed by atoms with E-state index < -0.39 is 0 Å². The average molecular weight is 371 g/mol. The van der Waals surface area contributed by atoms with Crippen LogP contribution in [0.4, 0.5) is 4.39 Å². The van der Waals surface area contributed by atoms with E-state index in [1.807, 2.05) is 6.92 Å². The Bertz CT molecular complexity index is 789. The fourth-order valence-corrected chi connectivity index (χ4v) is 2.90. The van der Waals surface area contributed by atoms with E-state index in [2.05, 4.69) is 0 Å². The lowest BCUT2D eigenvalue weighted by Gasteiger charge is -2.32. The molecule has 2 aromatic rings. The van der Waals surface area contributed by atoms with Crippen LogP contribution in [0.15, 0.2) is 48.5 Å². The molecule has 1 fully saturated rings. The lowest BCUT2D eigenvalue weighted by atomic mass is 10.0. The van der Waals surface area contributed by atoms with Crippen molar-refractivity contribution < 1.29 is 23.5 Å². The summed E-state index contributed by atoms with van der Waals surface area (Å²) in [5.74, 6) is -0.149. The van der Waals surface area contributed by atoms with E-state index in [1.165, 1.54) is 24.3 Å². The Morgan fingerprint density at radius 3 is 2.37 bits per heavy atom. The summed E-state index contributed by atoms with van der Waals surface area (Å²) in [5.41, 5.74) is 0.886. The van der Waals surface area contributed by atoms with Gasteiger partial charge in [-0.15, -0.1) is 0 Å². The van der Waals surface area contributed by atoms with Crippen LogP contribution in [0.5, 0.6) is 5.75 Å². The molecule has 0 N–H and O–H groups in total. The maximum Gasteiger partial charge on any atom is 0.260 e. The van der Waals surface area contributed by atoms with Crippen molar-refractivity contribution in [3.05, 3.63) is 65.5 Å². The molecule has 2 aromatic carbocycles. The van der Waals surface area contributed by atoms with Gasteiger partial charge in [0.25, 0.3) is 5.91 Å². The first kappa shape index (κ1) is 19.0. The van der Waals surface area contributed by atoms with Gasteiger partial charge in [0.2, 0.25) is 0 Å². The summed E-state index contributed by atoms with van der Waals surface area (Å²) < 4.78 is 24.1. The molecule has 0 saturated carbocycles. The second-order valence-corrected chi connectivity index (χ2v) is 6.39. The minimum atomic E-state index is -0.384. The van der Waals surface area contributed by atoms with Gasteiger partial charge >= 0.3 is 0 Å². The summed E-state index contributed by atoms with van der Waals surface area (Å²) in [7, 11) is 0. The quantitative estimate of drug-likeness (QED) is 0.733. The Morgan fingerprint density at radius 2 is 1.74 bits per heavy atom. The van der Waals surface area contributed by atoms with Gasteiger partial charge in [-0.2, -0.15) is 0 Å². The Balaban J connectivity index is 1.55. The van der Waals surface area contributed by atoms with E-state index in [4.69, 9.17) is 9.47 Å². The van der Waals surface area contributed by atoms with Gasteiger partial charge in [0, 0.05) is 24.2 Å². The number of amides is 1. The Morgan fingerprint density at radius 1 is 1.11 bits per heavy atom. The topological polar surface area (TPSA) is 55.8 Å². The standard InChI is InChI=1S/C21H22FNO4/c1-2-18-13-23(11-12-26-18)20(24)14-27-19-9-5-16(6-10-19)21(25)15-3-7-17(22)8-4-15/h3-10,18H,2,11-14H2,1H3. The number of ether oxygens (including phenoxy) is 2. The summed E-state index contributed by atoms with van der Waals surface area (Å²) >= 11 is 0. The normalized spacial score (nSPS) is 16.8. The van der Waals surface area contributed by atoms with E-state index in [9.17, 15) is 14.0 Å². The number of halogens is 1. The molecule has 0 radical (unpaired) electrons. The first-order valence-corrected chi connectivity index (χ1v) is 8.99. The SMILES string of the molecule is CCC1CN(C(=O)COc2ccc(C(=O)c3ccc(F)cc3)cc2)CCO1. The molecule has 1 aliphatic rings. The maximum atomic E-state index is 13.0. The summed E-state index contributed by atoms with van der Waals surface area (Å²) in [5, 5.41) is 0. The zero-order chi connectivity index (χ0) is 19.2. The summed E-state index contributed by atoms with van der Waals surface area (Å²) in [6.07, 6.45) is 0.952. The van der Waals surface area contributed by atoms with Crippen molar-refractivity contribution in [2.45, 2.75) is 19.4 Å². The van der Waals surface area contributed by atoms with Gasteiger partial charge in [-0.3, -0.25) is 9.59 Å². The smallest absolute Gasteiger partial charge is 0.260 e. The van der Waals surface area contributed by atoms with Crippen LogP contribution in [0, 0.1) is 5.82 Å². The Labute approximate surface area is 157 Å². The fourth-order valence-electron chi connectivity index (χ4n) is 2.90. The number of carbonyl (C=O) groups is 2. The first-order chi connectivity index (χ1) is 13.1. The van der Waals surface area contributed by atoms with Crippen molar-refractivity contribution in [3.8, 4) is 5.75 Å². The summed E-state index contributed by atoms with van der Waals surface area (Å²) in [4.78, 5) is 26.4. The third-order valence-corrected chi connectivity index (χ3v) is 4.53. The van der Waals surface area contributed by atoms with Crippen LogP contribution in [0.2, 0.25) is 0 Å². The largest absolute Gasteiger partial charge is 0.484 e. The van der Waals surface area contributed by atoms with Crippen molar-refractivity contribution in [1.29, 1.82) is 0 Å². The summed E-state index contributed by atoms with van der Waals surface area (Å²) in [6.45, 7) is 3.68. The van der Waals surface area contributed by atoms with Crippen LogP contribution >= 0.6 is 0 Å². The van der Waals surface area contributed by atoms with Gasteiger partial charge in [-0.1, -0.05) is 6.92 Å². The molecule has 5 nitrogen and oxygen atoms in total. The number of carbonyl (C=O) groups excluding carboxylic acids is 2. The van der Waals surface area contributed by atoms with E-state index >= 15 is 0 Å². The maximum absolute atomic E-state index is 13.0. The molecule has 1 saturated heterocycles. The number of rotatable bonds is 6. The second-order valence-electron chi connectivity index (χ2n) is 6.39. The number of ketones is 1. The lowest BCUT2D eigenvalue weighted by molar-refractivity contribution is -0.141. The van der Waals surface area contributed by atoms with Crippen molar-refractivity contribution in [2.75, 3.05) is 26.3 Å². The molecule has 0 aromatic heterocycles. The van der Waals surface area contributed by atoms with Gasteiger partial charge < -0.3 is 14.4 Å². The predicted octanol–water partition coefficient (Wildman–Crippen LogP) is 3.07. The van der Waals surface area contributed by atoms with Crippen molar-refractivity contribution >= 4 is 11.7 Å². The van der Waals surface area contributed by atoms with Crippen LogP contribution < -0.4 is 4.74 Å². The minimum Gasteiger partial charge on any atom is -0.484 e. The van der Waals surface area contributed by atoms with Gasteiger partial charge in [0.05, 0.1) is 12.7 Å². The van der Waals surface area contributed by atoms with Crippen LogP contribution in [-0.2, 0) is 9.53 Å². The van der Waals surface area contributed by atoms with Crippen LogP contribution in [0.1, 0.15) is 29.3 Å². The van der Waals surface area contributed by atoms with Crippen molar-refractivity contribution in [1.82, 2.24) is 4.90 Å². The second kappa shape index (κ2) is 8.77. The number of hydrogen-bond acceptors (Lipinski definition) is 4. The molecule has 0 spiro atoms. The Hall–Kier alpha value is -2.73. The molecular weight excluding hydrogens is 349 g/mol. The predicted molar refractivity (Wildman–Crippen MR) is 98.4 cm³/mol. The number of hydrogen-bond donors (Lipinski definition) is 0. The highest BCUT2D eigenvalue weighted by Crippen LogP contribution is 2.16. The molecule has 1 heterocycles. The third kappa shape index (κ3) is 4.92. The zero-order valence-corrected chi connectivity index (χ0v) is 15.2. The molecule has 0 aliphatic carbocycles. The molecular formula is C21H22FNO4. The molecule has 0 bridgehead atoms. The highest BCUT2D eigenvalue weighted by atomic mass is 19.1. The molecule has 6 heteroatoms. The van der Waals surface area contributed by atoms with Crippen LogP contribution in [-0.4, -0.2) is 49.0 Å². The van der Waals surface area contributed by atoms with Crippen molar-refractivity contribution in [3.63, 3.8) is 0 Å². The van der Waals surface area contributed by atoms with E-state index in [1.54, 1.807) is 29.2 Å². The number of benzene rings is 2. The molecule has 27 heavy (non-hydrogen) atoms. The monoisotopic (exact) mass is 371 g/mol. The van der Waals surface area contributed by atoms with Gasteiger partial charge in [0.1, 0.15) is 11.6 Å². The van der Waals surface area contributed by atoms with E-state index in [0.717, 1.165) is 6.42 Å². The third-order valence-electron chi connectivity index (χ3n) is 4.53. The molecule has 3 rings (SSSR count). The Kier molecular flexibility index (Phi) is 6.19. The average Bonchev–Trinajstić information content (AvgIpc) is 2.72. The summed E-state index contributed by atoms with van der Waals surface area (Å²) in [6, 6.07) is 12.0. The van der Waals surface area contributed by atoms with Gasteiger partial charge in [-0.25, -0.2) is 4.39 Å². The number of morpholine rings is 1. The first-order valence-electron chi connectivity index (χ1n) is 8.99. The minimum absolute atomic E-state index is 0.0539. The lowest BCUT2D eigenvalue weighted by Crippen LogP contribution is -2.47. The van der Waals surface area contributed by atoms with Gasteiger partial charge in [0.15, 0.2) is 12.4 Å². The zero-order valence-electron chi connectivity index (χ0n) is 15.2. The highest BCUT2D eigenvalue weighted by molar-refractivity contribution is 6.09. The van der Waals surface area contributed by atoms with E-state index in [0.29, 0.717) is 36.6 Å². The van der Waals surface area contributed by atoms with Crippen molar-refractivity contribution in [2.24, 2.45) is 0 Å². The van der Waals surface area contributed by atoms with Gasteiger partial charge in [-0.05, 0) is 55.0 Å². The van der Waals surface area contributed by atoms with E-state index in [-0.39, 0.29) is 30.2 Å². The van der Waals surface area contributed by atoms with Crippen LogP contribution in [0.3, 0.4) is 0 Å². The molecule has 1 amide bonds. The van der Waals surface area contributed by atoms with Crippen LogP contribution in [0.25, 0.3) is 0 Å². The molecule has 1 unspecified atom stereocenters. The highest BCUT2D eigenvalue weighted by Gasteiger charge is 2.23. The molecule has 1 atom stereocenters. The molecule has 1 aliphatic heterocycles. The number of nitrogens with zero attached hydrogens (tertiary/aromatic N) is 1. The molecule has 142 valence electrons.